The third kappa shape index (κ3) is 2.93. The van der Waals surface area contributed by atoms with Gasteiger partial charge in [-0.15, -0.1) is 0 Å². The number of nitro benzene ring substituents is 1. The van der Waals surface area contributed by atoms with Gasteiger partial charge in [0.05, 0.1) is 4.92 Å². The second-order valence-corrected chi connectivity index (χ2v) is 7.08. The van der Waals surface area contributed by atoms with Crippen LogP contribution in [0.3, 0.4) is 0 Å². The molecule has 0 N–H and O–H groups in total. The van der Waals surface area contributed by atoms with Crippen LogP contribution < -0.4 is 4.90 Å². The third-order valence-corrected chi connectivity index (χ3v) is 5.83. The molecule has 3 rings (SSSR count). The van der Waals surface area contributed by atoms with Gasteiger partial charge in [0, 0.05) is 36.7 Å². The molecule has 0 aromatic heterocycles. The highest BCUT2D eigenvalue weighted by molar-refractivity contribution is 9.08. The Hall–Kier alpha value is -1.10. The lowest BCUT2D eigenvalue weighted by Crippen LogP contribution is -2.29. The van der Waals surface area contributed by atoms with E-state index in [1.807, 2.05) is 6.07 Å². The molecule has 3 unspecified atom stereocenters. The van der Waals surface area contributed by atoms with Gasteiger partial charge in [-0.1, -0.05) is 22.4 Å². The molecule has 3 atom stereocenters. The molecule has 2 fully saturated rings. The summed E-state index contributed by atoms with van der Waals surface area (Å²) in [6.07, 6.45) is 5.61. The van der Waals surface area contributed by atoms with Gasteiger partial charge in [-0.25, -0.2) is 0 Å². The summed E-state index contributed by atoms with van der Waals surface area (Å²) in [7, 11) is 2.11. The Kier molecular flexibility index (Phi) is 4.20. The molecule has 2 aliphatic carbocycles. The number of nitrogens with zero attached hydrogens (tertiary/aromatic N) is 2. The SMILES string of the molecule is CN(CC1CC2CCC1C2)c1ccc([N+](=O)[O-])cc1CBr. The van der Waals surface area contributed by atoms with Crippen molar-refractivity contribution in [1.82, 2.24) is 0 Å². The van der Waals surface area contributed by atoms with Crippen LogP contribution in [0.25, 0.3) is 0 Å². The monoisotopic (exact) mass is 352 g/mol. The molecule has 2 bridgehead atoms. The lowest BCUT2D eigenvalue weighted by Gasteiger charge is -2.29. The Morgan fingerprint density at radius 3 is 2.76 bits per heavy atom. The van der Waals surface area contributed by atoms with Crippen LogP contribution in [0, 0.1) is 27.9 Å². The fraction of sp³-hybridized carbons (Fsp3) is 0.625. The minimum absolute atomic E-state index is 0.168. The van der Waals surface area contributed by atoms with Crippen LogP contribution in [0.2, 0.25) is 0 Å². The maximum atomic E-state index is 10.9. The predicted octanol–water partition coefficient (Wildman–Crippen LogP) is 4.36. The molecule has 1 aromatic carbocycles. The highest BCUT2D eigenvalue weighted by atomic mass is 79.9. The Labute approximate surface area is 133 Å². The van der Waals surface area contributed by atoms with Gasteiger partial charge in [0.15, 0.2) is 0 Å². The van der Waals surface area contributed by atoms with Gasteiger partial charge in [-0.05, 0) is 48.6 Å². The molecule has 4 nitrogen and oxygen atoms in total. The number of fused-ring (bicyclic) bond motifs is 2. The van der Waals surface area contributed by atoms with E-state index in [1.54, 1.807) is 12.1 Å². The topological polar surface area (TPSA) is 46.4 Å². The molecule has 0 saturated heterocycles. The Morgan fingerprint density at radius 1 is 1.38 bits per heavy atom. The minimum atomic E-state index is -0.328. The maximum Gasteiger partial charge on any atom is 0.269 e. The molecule has 2 aliphatic rings. The minimum Gasteiger partial charge on any atom is -0.374 e. The lowest BCUT2D eigenvalue weighted by molar-refractivity contribution is -0.384. The standard InChI is InChI=1S/C16H21BrN2O2/c1-18(10-14-7-11-2-3-12(14)6-11)16-5-4-15(19(20)21)8-13(16)9-17/h4-5,8,11-12,14H,2-3,6-7,9-10H2,1H3. The normalized spacial score (nSPS) is 27.0. The van der Waals surface area contributed by atoms with E-state index in [4.69, 9.17) is 0 Å². The van der Waals surface area contributed by atoms with E-state index in [0.29, 0.717) is 5.33 Å². The van der Waals surface area contributed by atoms with E-state index < -0.39 is 0 Å². The summed E-state index contributed by atoms with van der Waals surface area (Å²) in [6.45, 7) is 1.07. The van der Waals surface area contributed by atoms with Crippen molar-refractivity contribution in [3.05, 3.63) is 33.9 Å². The highest BCUT2D eigenvalue weighted by Crippen LogP contribution is 2.48. The average molecular weight is 353 g/mol. The molecule has 2 saturated carbocycles. The first-order chi connectivity index (χ1) is 10.1. The van der Waals surface area contributed by atoms with Crippen LogP contribution in [-0.4, -0.2) is 18.5 Å². The molecular formula is C16H21BrN2O2. The van der Waals surface area contributed by atoms with Crippen LogP contribution in [0.1, 0.15) is 31.2 Å². The first kappa shape index (κ1) is 14.8. The quantitative estimate of drug-likeness (QED) is 0.449. The van der Waals surface area contributed by atoms with Crippen molar-refractivity contribution in [1.29, 1.82) is 0 Å². The largest absolute Gasteiger partial charge is 0.374 e. The summed E-state index contributed by atoms with van der Waals surface area (Å²) < 4.78 is 0. The fourth-order valence-corrected chi connectivity index (χ4v) is 4.66. The van der Waals surface area contributed by atoms with E-state index in [-0.39, 0.29) is 10.6 Å². The maximum absolute atomic E-state index is 10.9. The molecule has 0 radical (unpaired) electrons. The van der Waals surface area contributed by atoms with E-state index >= 15 is 0 Å². The number of hydrogen-bond donors (Lipinski definition) is 0. The first-order valence-corrected chi connectivity index (χ1v) is 8.75. The van der Waals surface area contributed by atoms with Crippen LogP contribution >= 0.6 is 15.9 Å². The molecule has 21 heavy (non-hydrogen) atoms. The summed E-state index contributed by atoms with van der Waals surface area (Å²) >= 11 is 3.46. The number of nitro groups is 1. The van der Waals surface area contributed by atoms with Gasteiger partial charge in [-0.3, -0.25) is 10.1 Å². The number of anilines is 1. The van der Waals surface area contributed by atoms with Crippen molar-refractivity contribution < 1.29 is 4.92 Å². The Morgan fingerprint density at radius 2 is 2.19 bits per heavy atom. The second kappa shape index (κ2) is 5.95. The van der Waals surface area contributed by atoms with E-state index in [0.717, 1.165) is 35.5 Å². The third-order valence-electron chi connectivity index (χ3n) is 5.22. The fourth-order valence-electron chi connectivity index (χ4n) is 4.22. The predicted molar refractivity (Wildman–Crippen MR) is 87.9 cm³/mol. The Balaban J connectivity index is 1.74. The number of benzene rings is 1. The molecule has 0 heterocycles. The van der Waals surface area contributed by atoms with Crippen molar-refractivity contribution in [3.8, 4) is 0 Å². The summed E-state index contributed by atoms with van der Waals surface area (Å²) in [5, 5.41) is 11.5. The van der Waals surface area contributed by atoms with Gasteiger partial charge in [0.2, 0.25) is 0 Å². The highest BCUT2D eigenvalue weighted by Gasteiger charge is 2.39. The van der Waals surface area contributed by atoms with Crippen molar-refractivity contribution in [2.24, 2.45) is 17.8 Å². The van der Waals surface area contributed by atoms with Gasteiger partial charge < -0.3 is 4.90 Å². The molecule has 0 amide bonds. The second-order valence-electron chi connectivity index (χ2n) is 6.52. The number of hydrogen-bond acceptors (Lipinski definition) is 3. The zero-order valence-electron chi connectivity index (χ0n) is 12.3. The zero-order chi connectivity index (χ0) is 15.0. The van der Waals surface area contributed by atoms with Gasteiger partial charge in [0.25, 0.3) is 5.69 Å². The van der Waals surface area contributed by atoms with Crippen LogP contribution in [0.15, 0.2) is 18.2 Å². The summed E-state index contributed by atoms with van der Waals surface area (Å²) in [5.41, 5.74) is 2.27. The first-order valence-electron chi connectivity index (χ1n) is 7.63. The van der Waals surface area contributed by atoms with E-state index in [1.165, 1.54) is 25.7 Å². The molecule has 5 heteroatoms. The van der Waals surface area contributed by atoms with Crippen LogP contribution in [0.4, 0.5) is 11.4 Å². The molecule has 114 valence electrons. The van der Waals surface area contributed by atoms with Crippen LogP contribution in [0.5, 0.6) is 0 Å². The summed E-state index contributed by atoms with van der Waals surface area (Å²) in [6, 6.07) is 5.18. The number of halogens is 1. The van der Waals surface area contributed by atoms with Crippen molar-refractivity contribution in [2.75, 3.05) is 18.5 Å². The van der Waals surface area contributed by atoms with Crippen molar-refractivity contribution >= 4 is 27.3 Å². The number of alkyl halides is 1. The van der Waals surface area contributed by atoms with E-state index in [9.17, 15) is 10.1 Å². The average Bonchev–Trinajstić information content (AvgIpc) is 3.08. The van der Waals surface area contributed by atoms with E-state index in [2.05, 4.69) is 27.9 Å². The van der Waals surface area contributed by atoms with Gasteiger partial charge >= 0.3 is 0 Å². The van der Waals surface area contributed by atoms with Crippen LogP contribution in [-0.2, 0) is 5.33 Å². The number of rotatable bonds is 5. The molecular weight excluding hydrogens is 332 g/mol. The molecule has 1 aromatic rings. The molecule has 0 spiro atoms. The lowest BCUT2D eigenvalue weighted by atomic mass is 9.88. The van der Waals surface area contributed by atoms with Gasteiger partial charge in [0.1, 0.15) is 0 Å². The van der Waals surface area contributed by atoms with Crippen molar-refractivity contribution in [3.63, 3.8) is 0 Å². The Bertz CT molecular complexity index is 549. The summed E-state index contributed by atoms with van der Waals surface area (Å²) in [4.78, 5) is 12.8. The smallest absolute Gasteiger partial charge is 0.269 e. The molecule has 0 aliphatic heterocycles. The zero-order valence-corrected chi connectivity index (χ0v) is 13.9. The van der Waals surface area contributed by atoms with Crippen molar-refractivity contribution in [2.45, 2.75) is 31.0 Å². The van der Waals surface area contributed by atoms with Gasteiger partial charge in [-0.2, -0.15) is 0 Å². The number of non-ortho nitro benzene ring substituents is 1. The summed E-state index contributed by atoms with van der Waals surface area (Å²) in [5.74, 6) is 2.66.